The summed E-state index contributed by atoms with van der Waals surface area (Å²) in [5, 5.41) is 0.986. The molecule has 2 aromatic rings. The quantitative estimate of drug-likeness (QED) is 0.865. The largest absolute Gasteiger partial charge is 0.497 e. The minimum Gasteiger partial charge on any atom is -0.497 e. The van der Waals surface area contributed by atoms with E-state index in [1.165, 1.54) is 12.8 Å². The van der Waals surface area contributed by atoms with Crippen LogP contribution < -0.4 is 4.74 Å². The van der Waals surface area contributed by atoms with Crippen molar-refractivity contribution in [3.8, 4) is 5.75 Å². The van der Waals surface area contributed by atoms with Crippen molar-refractivity contribution >= 4 is 16.8 Å². The van der Waals surface area contributed by atoms with Crippen LogP contribution in [0.25, 0.3) is 10.9 Å². The number of rotatable bonds is 4. The molecule has 0 bridgehead atoms. The van der Waals surface area contributed by atoms with Gasteiger partial charge in [0.05, 0.1) is 12.6 Å². The predicted molar refractivity (Wildman–Crippen MR) is 87.3 cm³/mol. The Hall–Kier alpha value is -2.10. The summed E-state index contributed by atoms with van der Waals surface area (Å²) in [6.45, 7) is 2.79. The van der Waals surface area contributed by atoms with Crippen molar-refractivity contribution in [2.45, 2.75) is 38.6 Å². The first-order valence-corrected chi connectivity index (χ1v) is 7.98. The summed E-state index contributed by atoms with van der Waals surface area (Å²) in [5.74, 6) is 0.849. The van der Waals surface area contributed by atoms with E-state index in [1.807, 2.05) is 42.2 Å². The van der Waals surface area contributed by atoms with Crippen molar-refractivity contribution < 1.29 is 9.53 Å². The Balaban J connectivity index is 1.89. The van der Waals surface area contributed by atoms with Crippen molar-refractivity contribution in [3.05, 3.63) is 36.0 Å². The molecule has 22 heavy (non-hydrogen) atoms. The SMILES string of the molecule is CCN(C(=O)c1ccc2cc(OC)ccc2n1)C1CCCC1. The summed E-state index contributed by atoms with van der Waals surface area (Å²) in [6, 6.07) is 9.86. The molecule has 1 fully saturated rings. The van der Waals surface area contributed by atoms with Gasteiger partial charge in [0.15, 0.2) is 0 Å². The standard InChI is InChI=1S/C18H22N2O2/c1-3-20(14-6-4-5-7-14)18(21)17-10-8-13-12-15(22-2)9-11-16(13)19-17/h8-12,14H,3-7H2,1-2H3. The van der Waals surface area contributed by atoms with Gasteiger partial charge < -0.3 is 9.64 Å². The molecule has 1 aliphatic rings. The first-order chi connectivity index (χ1) is 10.7. The van der Waals surface area contributed by atoms with Gasteiger partial charge >= 0.3 is 0 Å². The van der Waals surface area contributed by atoms with Crippen molar-refractivity contribution in [1.82, 2.24) is 9.88 Å². The number of carbonyl (C=O) groups excluding carboxylic acids is 1. The molecule has 0 spiro atoms. The molecule has 116 valence electrons. The fraction of sp³-hybridized carbons (Fsp3) is 0.444. The zero-order chi connectivity index (χ0) is 15.5. The molecule has 4 nitrogen and oxygen atoms in total. The molecule has 4 heteroatoms. The van der Waals surface area contributed by atoms with Crippen LogP contribution in [0, 0.1) is 0 Å². The second kappa shape index (κ2) is 6.34. The molecule has 1 amide bonds. The second-order valence-corrected chi connectivity index (χ2v) is 5.78. The average molecular weight is 298 g/mol. The van der Waals surface area contributed by atoms with E-state index in [2.05, 4.69) is 4.98 Å². The Kier molecular flexibility index (Phi) is 4.27. The van der Waals surface area contributed by atoms with Crippen LogP contribution in [0.5, 0.6) is 5.75 Å². The average Bonchev–Trinajstić information content (AvgIpc) is 3.08. The van der Waals surface area contributed by atoms with Crippen LogP contribution in [0.4, 0.5) is 0 Å². The number of hydrogen-bond donors (Lipinski definition) is 0. The van der Waals surface area contributed by atoms with Gasteiger partial charge in [0.25, 0.3) is 5.91 Å². The molecule has 0 atom stereocenters. The molecule has 0 saturated heterocycles. The third kappa shape index (κ3) is 2.78. The van der Waals surface area contributed by atoms with Gasteiger partial charge in [-0.15, -0.1) is 0 Å². The van der Waals surface area contributed by atoms with Gasteiger partial charge in [0.1, 0.15) is 11.4 Å². The Labute approximate surface area is 131 Å². The molecule has 1 aromatic heterocycles. The Morgan fingerprint density at radius 3 is 2.73 bits per heavy atom. The van der Waals surface area contributed by atoms with E-state index in [0.717, 1.165) is 36.0 Å². The van der Waals surface area contributed by atoms with E-state index in [-0.39, 0.29) is 5.91 Å². The van der Waals surface area contributed by atoms with Crippen LogP contribution in [0.2, 0.25) is 0 Å². The third-order valence-corrected chi connectivity index (χ3v) is 4.48. The maximum absolute atomic E-state index is 12.8. The number of hydrogen-bond acceptors (Lipinski definition) is 3. The van der Waals surface area contributed by atoms with E-state index >= 15 is 0 Å². The van der Waals surface area contributed by atoms with Crippen molar-refractivity contribution in [3.63, 3.8) is 0 Å². The van der Waals surface area contributed by atoms with Crippen LogP contribution in [-0.2, 0) is 0 Å². The van der Waals surface area contributed by atoms with Gasteiger partial charge in [-0.25, -0.2) is 4.98 Å². The van der Waals surface area contributed by atoms with Crippen LogP contribution >= 0.6 is 0 Å². The summed E-state index contributed by atoms with van der Waals surface area (Å²) in [6.07, 6.45) is 4.67. The van der Waals surface area contributed by atoms with E-state index in [4.69, 9.17) is 4.74 Å². The number of nitrogens with zero attached hydrogens (tertiary/aromatic N) is 2. The normalized spacial score (nSPS) is 15.2. The monoisotopic (exact) mass is 298 g/mol. The number of methoxy groups -OCH3 is 1. The summed E-state index contributed by atoms with van der Waals surface area (Å²) in [5.41, 5.74) is 1.36. The van der Waals surface area contributed by atoms with Gasteiger partial charge in [0.2, 0.25) is 0 Å². The highest BCUT2D eigenvalue weighted by Crippen LogP contribution is 2.25. The maximum atomic E-state index is 12.8. The lowest BCUT2D eigenvalue weighted by molar-refractivity contribution is 0.0688. The Morgan fingerprint density at radius 1 is 1.27 bits per heavy atom. The fourth-order valence-electron chi connectivity index (χ4n) is 3.28. The molecular formula is C18H22N2O2. The molecule has 3 rings (SSSR count). The predicted octanol–water partition coefficient (Wildman–Crippen LogP) is 3.65. The zero-order valence-electron chi connectivity index (χ0n) is 13.2. The third-order valence-electron chi connectivity index (χ3n) is 4.48. The summed E-state index contributed by atoms with van der Waals surface area (Å²) in [7, 11) is 1.65. The number of carbonyl (C=O) groups is 1. The highest BCUT2D eigenvalue weighted by atomic mass is 16.5. The van der Waals surface area contributed by atoms with Gasteiger partial charge in [-0.05, 0) is 44.0 Å². The first-order valence-electron chi connectivity index (χ1n) is 7.98. The molecule has 1 aliphatic carbocycles. The van der Waals surface area contributed by atoms with Crippen LogP contribution in [0.15, 0.2) is 30.3 Å². The molecule has 1 heterocycles. The number of amides is 1. The van der Waals surface area contributed by atoms with E-state index in [9.17, 15) is 4.79 Å². The lowest BCUT2D eigenvalue weighted by Gasteiger charge is -2.27. The highest BCUT2D eigenvalue weighted by Gasteiger charge is 2.26. The minimum atomic E-state index is 0.0483. The molecule has 0 radical (unpaired) electrons. The summed E-state index contributed by atoms with van der Waals surface area (Å²) >= 11 is 0. The lowest BCUT2D eigenvalue weighted by Crippen LogP contribution is -2.39. The van der Waals surface area contributed by atoms with Crippen LogP contribution in [-0.4, -0.2) is 35.5 Å². The van der Waals surface area contributed by atoms with Crippen molar-refractivity contribution in [2.75, 3.05) is 13.7 Å². The number of fused-ring (bicyclic) bond motifs is 1. The smallest absolute Gasteiger partial charge is 0.272 e. The molecule has 1 saturated carbocycles. The topological polar surface area (TPSA) is 42.4 Å². The van der Waals surface area contributed by atoms with Crippen molar-refractivity contribution in [1.29, 1.82) is 0 Å². The number of benzene rings is 1. The maximum Gasteiger partial charge on any atom is 0.272 e. The van der Waals surface area contributed by atoms with Crippen molar-refractivity contribution in [2.24, 2.45) is 0 Å². The summed E-state index contributed by atoms with van der Waals surface area (Å²) < 4.78 is 5.22. The molecule has 0 aliphatic heterocycles. The Bertz CT molecular complexity index is 678. The van der Waals surface area contributed by atoms with Gasteiger partial charge in [-0.3, -0.25) is 4.79 Å². The fourth-order valence-corrected chi connectivity index (χ4v) is 3.28. The van der Waals surface area contributed by atoms with E-state index < -0.39 is 0 Å². The van der Waals surface area contributed by atoms with E-state index in [0.29, 0.717) is 11.7 Å². The number of aromatic nitrogens is 1. The summed E-state index contributed by atoms with van der Waals surface area (Å²) in [4.78, 5) is 19.3. The number of ether oxygens (including phenoxy) is 1. The lowest BCUT2D eigenvalue weighted by atomic mass is 10.1. The van der Waals surface area contributed by atoms with E-state index in [1.54, 1.807) is 7.11 Å². The molecule has 0 unspecified atom stereocenters. The minimum absolute atomic E-state index is 0.0483. The van der Waals surface area contributed by atoms with Gasteiger partial charge in [-0.1, -0.05) is 18.9 Å². The molecular weight excluding hydrogens is 276 g/mol. The zero-order valence-corrected chi connectivity index (χ0v) is 13.2. The van der Waals surface area contributed by atoms with Crippen LogP contribution in [0.3, 0.4) is 0 Å². The van der Waals surface area contributed by atoms with Gasteiger partial charge in [0, 0.05) is 18.0 Å². The highest BCUT2D eigenvalue weighted by molar-refractivity contribution is 5.95. The van der Waals surface area contributed by atoms with Gasteiger partial charge in [-0.2, -0.15) is 0 Å². The second-order valence-electron chi connectivity index (χ2n) is 5.78. The van der Waals surface area contributed by atoms with Crippen LogP contribution in [0.1, 0.15) is 43.1 Å². The molecule has 0 N–H and O–H groups in total. The number of pyridine rings is 1. The molecule has 1 aromatic carbocycles. The first kappa shape index (κ1) is 14.8. The Morgan fingerprint density at radius 2 is 2.05 bits per heavy atom.